The smallest absolute Gasteiger partial charge is 0.250 e. The number of ether oxygens (including phenoxy) is 3. The van der Waals surface area contributed by atoms with Crippen molar-refractivity contribution in [2.24, 2.45) is 5.92 Å². The lowest BCUT2D eigenvalue weighted by atomic mass is 10.1. The minimum Gasteiger partial charge on any atom is -0.495 e. The van der Waals surface area contributed by atoms with Gasteiger partial charge in [0.05, 0.1) is 32.1 Å². The maximum atomic E-state index is 12.3. The highest BCUT2D eigenvalue weighted by Gasteiger charge is 2.40. The lowest BCUT2D eigenvalue weighted by molar-refractivity contribution is 0.185. The second-order valence-electron chi connectivity index (χ2n) is 7.99. The first-order valence-electron chi connectivity index (χ1n) is 10.7. The van der Waals surface area contributed by atoms with Gasteiger partial charge in [-0.1, -0.05) is 0 Å². The summed E-state index contributed by atoms with van der Waals surface area (Å²) in [7, 11) is 3.26. The fraction of sp³-hybridized carbons (Fsp3) is 0.417. The van der Waals surface area contributed by atoms with E-state index < -0.39 is 0 Å². The molecule has 8 heteroatoms. The topological polar surface area (TPSA) is 88.4 Å². The molecule has 4 rings (SSSR count). The monoisotopic (exact) mass is 436 g/mol. The van der Waals surface area contributed by atoms with Crippen molar-refractivity contribution in [3.8, 4) is 22.8 Å². The average molecular weight is 437 g/mol. The van der Waals surface area contributed by atoms with Crippen molar-refractivity contribution < 1.29 is 14.2 Å². The van der Waals surface area contributed by atoms with Crippen LogP contribution in [-0.2, 0) is 11.3 Å². The lowest BCUT2D eigenvalue weighted by Crippen LogP contribution is -2.24. The zero-order valence-electron chi connectivity index (χ0n) is 18.9. The molecule has 0 unspecified atom stereocenters. The van der Waals surface area contributed by atoms with E-state index in [1.807, 2.05) is 32.0 Å². The van der Waals surface area contributed by atoms with Crippen LogP contribution in [0.15, 0.2) is 41.5 Å². The average Bonchev–Trinajstić information content (AvgIpc) is 3.58. The number of nitrogens with zero attached hydrogens (tertiary/aromatic N) is 4. The summed E-state index contributed by atoms with van der Waals surface area (Å²) < 4.78 is 18.2. The second kappa shape index (κ2) is 9.48. The number of hydrogen-bond donors (Lipinski definition) is 0. The van der Waals surface area contributed by atoms with Crippen molar-refractivity contribution in [2.45, 2.75) is 32.7 Å². The van der Waals surface area contributed by atoms with Gasteiger partial charge < -0.3 is 18.8 Å². The van der Waals surface area contributed by atoms with Crippen LogP contribution in [0.25, 0.3) is 11.1 Å². The van der Waals surface area contributed by atoms with E-state index in [9.17, 15) is 4.79 Å². The number of methoxy groups -OCH3 is 2. The van der Waals surface area contributed by atoms with Crippen LogP contribution in [0.1, 0.15) is 29.6 Å². The van der Waals surface area contributed by atoms with E-state index in [0.29, 0.717) is 43.3 Å². The molecule has 3 aromatic heterocycles. The maximum absolute atomic E-state index is 12.3. The van der Waals surface area contributed by atoms with E-state index in [1.165, 1.54) is 0 Å². The van der Waals surface area contributed by atoms with Gasteiger partial charge in [0.2, 0.25) is 5.88 Å². The van der Waals surface area contributed by atoms with Gasteiger partial charge in [-0.15, -0.1) is 0 Å². The Labute approximate surface area is 187 Å². The third kappa shape index (κ3) is 4.65. The quantitative estimate of drug-likeness (QED) is 0.509. The van der Waals surface area contributed by atoms with Crippen molar-refractivity contribution in [3.05, 3.63) is 64.2 Å². The summed E-state index contributed by atoms with van der Waals surface area (Å²) in [6.45, 7) is 5.24. The predicted molar refractivity (Wildman–Crippen MR) is 120 cm³/mol. The van der Waals surface area contributed by atoms with Crippen molar-refractivity contribution >= 4 is 0 Å². The molecule has 2 atom stereocenters. The standard InChI is InChI=1S/C24H28N4O4/c1-15-19(6-8-23(29)28(15)9-10-30-3)21-13-25-16(2)27-24(21)32-14-17-11-20(17)22-7-5-18(31-4)12-26-22/h5-8,12-13,17,20H,9-11,14H2,1-4H3/t17-,20+/m1/s1. The highest BCUT2D eigenvalue weighted by molar-refractivity contribution is 5.69. The molecule has 0 saturated heterocycles. The molecule has 3 heterocycles. The molecule has 0 bridgehead atoms. The van der Waals surface area contributed by atoms with Gasteiger partial charge in [-0.25, -0.2) is 4.98 Å². The Balaban J connectivity index is 1.53. The van der Waals surface area contributed by atoms with Crippen LogP contribution in [0, 0.1) is 19.8 Å². The van der Waals surface area contributed by atoms with E-state index in [2.05, 4.69) is 15.0 Å². The summed E-state index contributed by atoms with van der Waals surface area (Å²) in [5, 5.41) is 0. The summed E-state index contributed by atoms with van der Waals surface area (Å²) in [4.78, 5) is 25.8. The fourth-order valence-electron chi connectivity index (χ4n) is 3.88. The van der Waals surface area contributed by atoms with Gasteiger partial charge in [0, 0.05) is 54.7 Å². The predicted octanol–water partition coefficient (Wildman–Crippen LogP) is 3.15. The number of hydrogen-bond acceptors (Lipinski definition) is 7. The number of aromatic nitrogens is 4. The molecule has 0 aromatic carbocycles. The molecule has 1 saturated carbocycles. The molecule has 3 aromatic rings. The number of pyridine rings is 2. The fourth-order valence-corrected chi connectivity index (χ4v) is 3.88. The zero-order valence-corrected chi connectivity index (χ0v) is 18.9. The molecule has 0 radical (unpaired) electrons. The van der Waals surface area contributed by atoms with Gasteiger partial charge in [0.15, 0.2) is 0 Å². The van der Waals surface area contributed by atoms with Crippen molar-refractivity contribution in [1.82, 2.24) is 19.5 Å². The Morgan fingerprint density at radius 2 is 1.91 bits per heavy atom. The van der Waals surface area contributed by atoms with Crippen LogP contribution in [-0.4, -0.2) is 47.0 Å². The minimum atomic E-state index is -0.0633. The molecular weight excluding hydrogens is 408 g/mol. The molecule has 1 aliphatic rings. The number of aryl methyl sites for hydroxylation is 1. The summed E-state index contributed by atoms with van der Waals surface area (Å²) in [6.07, 6.45) is 4.54. The molecular formula is C24H28N4O4. The highest BCUT2D eigenvalue weighted by atomic mass is 16.5. The van der Waals surface area contributed by atoms with Crippen LogP contribution in [0.2, 0.25) is 0 Å². The highest BCUT2D eigenvalue weighted by Crippen LogP contribution is 2.47. The molecule has 0 aliphatic heterocycles. The molecule has 8 nitrogen and oxygen atoms in total. The Hall–Kier alpha value is -3.26. The third-order valence-corrected chi connectivity index (χ3v) is 5.87. The van der Waals surface area contributed by atoms with Crippen LogP contribution in [0.3, 0.4) is 0 Å². The van der Waals surface area contributed by atoms with Crippen LogP contribution in [0.5, 0.6) is 11.6 Å². The first-order chi connectivity index (χ1) is 15.5. The van der Waals surface area contributed by atoms with Crippen molar-refractivity contribution in [3.63, 3.8) is 0 Å². The zero-order chi connectivity index (χ0) is 22.7. The Kier molecular flexibility index (Phi) is 6.50. The van der Waals surface area contributed by atoms with Gasteiger partial charge in [-0.3, -0.25) is 9.78 Å². The third-order valence-electron chi connectivity index (χ3n) is 5.87. The summed E-state index contributed by atoms with van der Waals surface area (Å²) in [6, 6.07) is 7.32. The molecule has 0 spiro atoms. The molecule has 0 amide bonds. The van der Waals surface area contributed by atoms with Crippen LogP contribution >= 0.6 is 0 Å². The Bertz CT molecular complexity index is 1140. The second-order valence-corrected chi connectivity index (χ2v) is 7.99. The van der Waals surface area contributed by atoms with E-state index >= 15 is 0 Å². The van der Waals surface area contributed by atoms with Gasteiger partial charge in [0.25, 0.3) is 5.56 Å². The molecule has 168 valence electrons. The van der Waals surface area contributed by atoms with E-state index in [-0.39, 0.29) is 5.56 Å². The first-order valence-corrected chi connectivity index (χ1v) is 10.7. The van der Waals surface area contributed by atoms with Crippen LogP contribution in [0.4, 0.5) is 0 Å². The Morgan fingerprint density at radius 3 is 2.62 bits per heavy atom. The van der Waals surface area contributed by atoms with Crippen LogP contribution < -0.4 is 15.0 Å². The van der Waals surface area contributed by atoms with Gasteiger partial charge >= 0.3 is 0 Å². The Morgan fingerprint density at radius 1 is 1.06 bits per heavy atom. The van der Waals surface area contributed by atoms with E-state index in [4.69, 9.17) is 14.2 Å². The first kappa shape index (κ1) is 22.0. The van der Waals surface area contributed by atoms with E-state index in [1.54, 1.807) is 37.2 Å². The summed E-state index contributed by atoms with van der Waals surface area (Å²) in [5.74, 6) is 2.69. The van der Waals surface area contributed by atoms with Gasteiger partial charge in [0.1, 0.15) is 11.6 Å². The largest absolute Gasteiger partial charge is 0.495 e. The summed E-state index contributed by atoms with van der Waals surface area (Å²) >= 11 is 0. The summed E-state index contributed by atoms with van der Waals surface area (Å²) in [5.41, 5.74) is 3.48. The lowest BCUT2D eigenvalue weighted by Gasteiger charge is -2.16. The van der Waals surface area contributed by atoms with E-state index in [0.717, 1.165) is 34.7 Å². The molecule has 1 fully saturated rings. The van der Waals surface area contributed by atoms with Crippen molar-refractivity contribution in [1.29, 1.82) is 0 Å². The van der Waals surface area contributed by atoms with Gasteiger partial charge in [-0.05, 0) is 38.5 Å². The normalized spacial score (nSPS) is 17.2. The maximum Gasteiger partial charge on any atom is 0.250 e. The molecule has 32 heavy (non-hydrogen) atoms. The molecule has 0 N–H and O–H groups in total. The minimum absolute atomic E-state index is 0.0633. The SMILES string of the molecule is COCCn1c(C)c(-c2cnc(C)nc2OC[C@H]2C[C@@H]2c2ccc(OC)cn2)ccc1=O. The van der Waals surface area contributed by atoms with Crippen molar-refractivity contribution in [2.75, 3.05) is 27.4 Å². The molecule has 1 aliphatic carbocycles. The van der Waals surface area contributed by atoms with Gasteiger partial charge in [-0.2, -0.15) is 4.98 Å². The number of rotatable bonds is 9.